The normalized spacial score (nSPS) is 17.3. The monoisotopic (exact) mass is 266 g/mol. The molecule has 1 aliphatic rings. The van der Waals surface area contributed by atoms with Crippen LogP contribution in [0, 0.1) is 0 Å². The Bertz CT molecular complexity index is 386. The van der Waals surface area contributed by atoms with Crippen molar-refractivity contribution in [1.82, 2.24) is 4.90 Å². The van der Waals surface area contributed by atoms with Crippen molar-refractivity contribution in [2.45, 2.75) is 51.2 Å². The highest BCUT2D eigenvalue weighted by Crippen LogP contribution is 2.25. The molecular formula is C15H23ClN2. The van der Waals surface area contributed by atoms with E-state index in [1.165, 1.54) is 37.7 Å². The van der Waals surface area contributed by atoms with Crippen LogP contribution in [0.1, 0.15) is 43.2 Å². The Labute approximate surface area is 115 Å². The number of nitrogens with zero attached hydrogens (tertiary/aromatic N) is 1. The molecule has 1 saturated carbocycles. The van der Waals surface area contributed by atoms with Crippen LogP contribution in [-0.4, -0.2) is 18.0 Å². The minimum atomic E-state index is 0.554. The highest BCUT2D eigenvalue weighted by atomic mass is 35.5. The summed E-state index contributed by atoms with van der Waals surface area (Å²) in [4.78, 5) is 2.45. The fourth-order valence-corrected chi connectivity index (χ4v) is 3.03. The van der Waals surface area contributed by atoms with Crippen LogP contribution in [0.3, 0.4) is 0 Å². The average molecular weight is 267 g/mol. The van der Waals surface area contributed by atoms with Crippen LogP contribution < -0.4 is 5.73 Å². The van der Waals surface area contributed by atoms with E-state index in [1.807, 2.05) is 6.07 Å². The maximum absolute atomic E-state index is 6.31. The van der Waals surface area contributed by atoms with E-state index in [-0.39, 0.29) is 0 Å². The molecule has 0 radical (unpaired) electrons. The van der Waals surface area contributed by atoms with E-state index in [4.69, 9.17) is 17.3 Å². The van der Waals surface area contributed by atoms with Crippen molar-refractivity contribution in [3.63, 3.8) is 0 Å². The second-order valence-corrected chi connectivity index (χ2v) is 5.74. The first kappa shape index (κ1) is 13.9. The zero-order chi connectivity index (χ0) is 13.0. The maximum atomic E-state index is 6.31. The number of nitrogens with two attached hydrogens (primary N) is 1. The van der Waals surface area contributed by atoms with Crippen molar-refractivity contribution in [3.8, 4) is 0 Å². The van der Waals surface area contributed by atoms with E-state index in [2.05, 4.69) is 24.1 Å². The smallest absolute Gasteiger partial charge is 0.0454 e. The molecular weight excluding hydrogens is 244 g/mol. The van der Waals surface area contributed by atoms with E-state index in [0.717, 1.165) is 23.2 Å². The maximum Gasteiger partial charge on any atom is 0.0454 e. The van der Waals surface area contributed by atoms with Crippen LogP contribution >= 0.6 is 11.6 Å². The molecule has 100 valence electrons. The van der Waals surface area contributed by atoms with Gasteiger partial charge in [-0.25, -0.2) is 0 Å². The minimum absolute atomic E-state index is 0.554. The van der Waals surface area contributed by atoms with Crippen molar-refractivity contribution in [2.24, 2.45) is 5.73 Å². The Balaban J connectivity index is 1.99. The number of rotatable bonds is 4. The lowest BCUT2D eigenvalue weighted by Gasteiger charge is -2.31. The zero-order valence-corrected chi connectivity index (χ0v) is 11.9. The minimum Gasteiger partial charge on any atom is -0.326 e. The first-order chi connectivity index (χ1) is 8.70. The Morgan fingerprint density at radius 1 is 1.28 bits per heavy atom. The standard InChI is InChI=1S/C15H23ClN2/c1-18(14-5-3-2-4-6-14)11-13-8-7-12(10-17)9-15(13)16/h7-9,14H,2-6,10-11,17H2,1H3. The molecule has 3 heteroatoms. The van der Waals surface area contributed by atoms with Gasteiger partial charge in [0, 0.05) is 24.2 Å². The van der Waals surface area contributed by atoms with Gasteiger partial charge in [0.15, 0.2) is 0 Å². The molecule has 1 fully saturated rings. The second-order valence-electron chi connectivity index (χ2n) is 5.34. The first-order valence-corrected chi connectivity index (χ1v) is 7.26. The molecule has 1 aromatic rings. The van der Waals surface area contributed by atoms with Gasteiger partial charge in [0.05, 0.1) is 0 Å². The molecule has 0 heterocycles. The Morgan fingerprint density at radius 3 is 2.61 bits per heavy atom. The molecule has 1 aliphatic carbocycles. The Kier molecular flexibility index (Phi) is 5.04. The van der Waals surface area contributed by atoms with Crippen molar-refractivity contribution >= 4 is 11.6 Å². The van der Waals surface area contributed by atoms with Gasteiger partial charge < -0.3 is 5.73 Å². The van der Waals surface area contributed by atoms with Gasteiger partial charge in [-0.3, -0.25) is 4.90 Å². The van der Waals surface area contributed by atoms with Gasteiger partial charge >= 0.3 is 0 Å². The summed E-state index contributed by atoms with van der Waals surface area (Å²) < 4.78 is 0. The van der Waals surface area contributed by atoms with E-state index < -0.39 is 0 Å². The summed E-state index contributed by atoms with van der Waals surface area (Å²) in [6.07, 6.45) is 6.80. The molecule has 1 aromatic carbocycles. The van der Waals surface area contributed by atoms with Gasteiger partial charge in [0.2, 0.25) is 0 Å². The fraction of sp³-hybridized carbons (Fsp3) is 0.600. The lowest BCUT2D eigenvalue weighted by atomic mass is 9.94. The largest absolute Gasteiger partial charge is 0.326 e. The number of hydrogen-bond donors (Lipinski definition) is 1. The topological polar surface area (TPSA) is 29.3 Å². The highest BCUT2D eigenvalue weighted by Gasteiger charge is 2.18. The summed E-state index contributed by atoms with van der Waals surface area (Å²) in [6, 6.07) is 6.91. The molecule has 0 atom stereocenters. The van der Waals surface area contributed by atoms with E-state index in [9.17, 15) is 0 Å². The van der Waals surface area contributed by atoms with Crippen LogP contribution in [-0.2, 0) is 13.1 Å². The molecule has 0 saturated heterocycles. The molecule has 0 unspecified atom stereocenters. The van der Waals surface area contributed by atoms with E-state index in [1.54, 1.807) is 0 Å². The predicted octanol–water partition coefficient (Wildman–Crippen LogP) is 3.56. The van der Waals surface area contributed by atoms with Crippen molar-refractivity contribution < 1.29 is 0 Å². The number of halogens is 1. The molecule has 2 N–H and O–H groups in total. The van der Waals surface area contributed by atoms with Crippen molar-refractivity contribution in [1.29, 1.82) is 0 Å². The third kappa shape index (κ3) is 3.47. The van der Waals surface area contributed by atoms with Gasteiger partial charge in [-0.2, -0.15) is 0 Å². The summed E-state index contributed by atoms with van der Waals surface area (Å²) in [5.74, 6) is 0. The number of hydrogen-bond acceptors (Lipinski definition) is 2. The second kappa shape index (κ2) is 6.55. The molecule has 2 rings (SSSR count). The molecule has 0 amide bonds. The quantitative estimate of drug-likeness (QED) is 0.903. The van der Waals surface area contributed by atoms with Crippen LogP contribution in [0.2, 0.25) is 5.02 Å². The van der Waals surface area contributed by atoms with E-state index >= 15 is 0 Å². The summed E-state index contributed by atoms with van der Waals surface area (Å²) >= 11 is 6.31. The fourth-order valence-electron chi connectivity index (χ4n) is 2.77. The summed E-state index contributed by atoms with van der Waals surface area (Å²) in [5.41, 5.74) is 7.93. The van der Waals surface area contributed by atoms with Crippen LogP contribution in [0.15, 0.2) is 18.2 Å². The van der Waals surface area contributed by atoms with Gasteiger partial charge in [0.25, 0.3) is 0 Å². The highest BCUT2D eigenvalue weighted by molar-refractivity contribution is 6.31. The van der Waals surface area contributed by atoms with E-state index in [0.29, 0.717) is 6.54 Å². The number of benzene rings is 1. The third-order valence-corrected chi connectivity index (χ3v) is 4.32. The van der Waals surface area contributed by atoms with Crippen LogP contribution in [0.4, 0.5) is 0 Å². The van der Waals surface area contributed by atoms with Crippen molar-refractivity contribution in [2.75, 3.05) is 7.05 Å². The van der Waals surface area contributed by atoms with Gasteiger partial charge in [-0.1, -0.05) is 43.0 Å². The zero-order valence-electron chi connectivity index (χ0n) is 11.2. The Hall–Kier alpha value is -0.570. The van der Waals surface area contributed by atoms with Gasteiger partial charge in [0.1, 0.15) is 0 Å². The lowest BCUT2D eigenvalue weighted by Crippen LogP contribution is -2.32. The molecule has 18 heavy (non-hydrogen) atoms. The molecule has 0 spiro atoms. The summed E-state index contributed by atoms with van der Waals surface area (Å²) in [5, 5.41) is 0.848. The van der Waals surface area contributed by atoms with Crippen LogP contribution in [0.5, 0.6) is 0 Å². The molecule has 0 aromatic heterocycles. The van der Waals surface area contributed by atoms with Crippen molar-refractivity contribution in [3.05, 3.63) is 34.3 Å². The third-order valence-electron chi connectivity index (χ3n) is 3.97. The van der Waals surface area contributed by atoms with Gasteiger partial charge in [-0.15, -0.1) is 0 Å². The SMILES string of the molecule is CN(Cc1ccc(CN)cc1Cl)C1CCCCC1. The first-order valence-electron chi connectivity index (χ1n) is 6.88. The molecule has 0 bridgehead atoms. The Morgan fingerprint density at radius 2 is 2.00 bits per heavy atom. The average Bonchev–Trinajstić information content (AvgIpc) is 2.42. The van der Waals surface area contributed by atoms with Gasteiger partial charge in [-0.05, 0) is 37.1 Å². The van der Waals surface area contributed by atoms with Crippen LogP contribution in [0.25, 0.3) is 0 Å². The lowest BCUT2D eigenvalue weighted by molar-refractivity contribution is 0.184. The molecule has 2 nitrogen and oxygen atoms in total. The molecule has 0 aliphatic heterocycles. The predicted molar refractivity (Wildman–Crippen MR) is 77.7 cm³/mol. The summed E-state index contributed by atoms with van der Waals surface area (Å²) in [7, 11) is 2.21. The summed E-state index contributed by atoms with van der Waals surface area (Å²) in [6.45, 7) is 1.49.